The summed E-state index contributed by atoms with van der Waals surface area (Å²) in [7, 11) is 1.64. The van der Waals surface area contributed by atoms with Crippen LogP contribution in [0.2, 0.25) is 0 Å². The molecule has 0 saturated heterocycles. The van der Waals surface area contributed by atoms with Gasteiger partial charge in [0.25, 0.3) is 0 Å². The Kier molecular flexibility index (Phi) is 6.89. The van der Waals surface area contributed by atoms with Crippen LogP contribution in [0.1, 0.15) is 12.5 Å². The lowest BCUT2D eigenvalue weighted by atomic mass is 10.1. The molecule has 0 aliphatic rings. The van der Waals surface area contributed by atoms with E-state index in [1.807, 2.05) is 49.4 Å². The number of benzene rings is 2. The molecular weight excluding hydrogens is 316 g/mol. The molecular formula is C20H24N2O3. The van der Waals surface area contributed by atoms with Gasteiger partial charge in [-0.3, -0.25) is 0 Å². The van der Waals surface area contributed by atoms with E-state index in [-0.39, 0.29) is 6.03 Å². The van der Waals surface area contributed by atoms with Crippen LogP contribution in [0.3, 0.4) is 0 Å². The number of hydrogen-bond acceptors (Lipinski definition) is 3. The first-order valence-corrected chi connectivity index (χ1v) is 8.12. The highest BCUT2D eigenvalue weighted by Gasteiger charge is 2.03. The Morgan fingerprint density at radius 3 is 2.56 bits per heavy atom. The molecule has 25 heavy (non-hydrogen) atoms. The van der Waals surface area contributed by atoms with E-state index in [0.29, 0.717) is 24.6 Å². The van der Waals surface area contributed by atoms with Gasteiger partial charge in [0.2, 0.25) is 0 Å². The smallest absolute Gasteiger partial charge is 0.319 e. The fourth-order valence-corrected chi connectivity index (χ4v) is 2.16. The van der Waals surface area contributed by atoms with E-state index in [9.17, 15) is 4.79 Å². The van der Waals surface area contributed by atoms with Crippen LogP contribution >= 0.6 is 0 Å². The zero-order chi connectivity index (χ0) is 18.1. The second-order valence-electron chi connectivity index (χ2n) is 5.75. The fraction of sp³-hybridized carbons (Fsp3) is 0.250. The molecule has 0 bridgehead atoms. The van der Waals surface area contributed by atoms with Crippen molar-refractivity contribution in [2.45, 2.75) is 13.3 Å². The normalized spacial score (nSPS) is 10.0. The number of carbonyl (C=O) groups is 1. The minimum absolute atomic E-state index is 0.245. The average molecular weight is 340 g/mol. The lowest BCUT2D eigenvalue weighted by molar-refractivity contribution is 0.252. The van der Waals surface area contributed by atoms with Gasteiger partial charge >= 0.3 is 6.03 Å². The number of urea groups is 1. The first-order chi connectivity index (χ1) is 12.1. The van der Waals surface area contributed by atoms with Crippen molar-refractivity contribution in [2.24, 2.45) is 0 Å². The summed E-state index contributed by atoms with van der Waals surface area (Å²) in [4.78, 5) is 12.0. The van der Waals surface area contributed by atoms with E-state index in [4.69, 9.17) is 9.47 Å². The summed E-state index contributed by atoms with van der Waals surface area (Å²) in [6.45, 7) is 6.70. The molecule has 0 aromatic heterocycles. The molecule has 0 saturated carbocycles. The third-order valence-electron chi connectivity index (χ3n) is 3.44. The van der Waals surface area contributed by atoms with E-state index in [1.54, 1.807) is 13.2 Å². The molecule has 0 unspecified atom stereocenters. The molecule has 0 atom stereocenters. The summed E-state index contributed by atoms with van der Waals surface area (Å²) in [5.74, 6) is 1.52. The Hall–Kier alpha value is -2.95. The summed E-state index contributed by atoms with van der Waals surface area (Å²) in [6.07, 6.45) is 0.749. The predicted octanol–water partition coefficient (Wildman–Crippen LogP) is 4.01. The van der Waals surface area contributed by atoms with Crippen LogP contribution in [0.5, 0.6) is 11.5 Å². The number of hydrogen-bond donors (Lipinski definition) is 2. The highest BCUT2D eigenvalue weighted by atomic mass is 16.5. The largest absolute Gasteiger partial charge is 0.497 e. The Balaban J connectivity index is 1.77. The van der Waals surface area contributed by atoms with E-state index < -0.39 is 0 Å². The number of rotatable bonds is 8. The molecule has 132 valence electrons. The third kappa shape index (κ3) is 6.59. The van der Waals surface area contributed by atoms with Crippen LogP contribution in [0, 0.1) is 0 Å². The van der Waals surface area contributed by atoms with Crippen molar-refractivity contribution in [1.82, 2.24) is 5.32 Å². The molecule has 0 radical (unpaired) electrons. The van der Waals surface area contributed by atoms with E-state index in [1.165, 1.54) is 0 Å². The van der Waals surface area contributed by atoms with Crippen molar-refractivity contribution >= 4 is 11.7 Å². The Bertz CT molecular complexity index is 711. The van der Waals surface area contributed by atoms with Gasteiger partial charge in [-0.15, -0.1) is 0 Å². The van der Waals surface area contributed by atoms with Crippen LogP contribution in [-0.2, 0) is 6.42 Å². The van der Waals surface area contributed by atoms with Gasteiger partial charge in [-0.2, -0.15) is 0 Å². The van der Waals surface area contributed by atoms with Gasteiger partial charge in [-0.1, -0.05) is 24.8 Å². The fourth-order valence-electron chi connectivity index (χ4n) is 2.16. The highest BCUT2D eigenvalue weighted by molar-refractivity contribution is 5.89. The molecule has 5 nitrogen and oxygen atoms in total. The quantitative estimate of drug-likeness (QED) is 0.714. The summed E-state index contributed by atoms with van der Waals surface area (Å²) in [5.41, 5.74) is 2.76. The van der Waals surface area contributed by atoms with Gasteiger partial charge in [0.1, 0.15) is 18.1 Å². The van der Waals surface area contributed by atoms with Crippen molar-refractivity contribution in [3.63, 3.8) is 0 Å². The second kappa shape index (κ2) is 9.37. The Labute approximate surface area is 148 Å². The predicted molar refractivity (Wildman–Crippen MR) is 100 cm³/mol. The van der Waals surface area contributed by atoms with Gasteiger partial charge in [-0.05, 0) is 48.7 Å². The molecule has 0 heterocycles. The van der Waals surface area contributed by atoms with Gasteiger partial charge in [0.15, 0.2) is 0 Å². The van der Waals surface area contributed by atoms with Crippen LogP contribution in [-0.4, -0.2) is 26.3 Å². The molecule has 5 heteroatoms. The number of carbonyl (C=O) groups excluding carboxylic acids is 1. The topological polar surface area (TPSA) is 59.6 Å². The summed E-state index contributed by atoms with van der Waals surface area (Å²) < 4.78 is 10.7. The molecule has 0 fully saturated rings. The van der Waals surface area contributed by atoms with Crippen molar-refractivity contribution in [3.05, 3.63) is 66.2 Å². The monoisotopic (exact) mass is 340 g/mol. The van der Waals surface area contributed by atoms with Crippen LogP contribution in [0.15, 0.2) is 60.7 Å². The number of amides is 2. The van der Waals surface area contributed by atoms with Crippen molar-refractivity contribution in [1.29, 1.82) is 0 Å². The summed E-state index contributed by atoms with van der Waals surface area (Å²) >= 11 is 0. The summed E-state index contributed by atoms with van der Waals surface area (Å²) in [6, 6.07) is 14.8. The maximum Gasteiger partial charge on any atom is 0.319 e. The van der Waals surface area contributed by atoms with Crippen molar-refractivity contribution in [2.75, 3.05) is 25.6 Å². The maximum atomic E-state index is 12.0. The van der Waals surface area contributed by atoms with E-state index in [0.717, 1.165) is 23.3 Å². The standard InChI is InChI=1S/C20H24N2O3/c1-15(2)14-25-19-6-4-5-17(13-19)22-20(23)21-12-11-16-7-9-18(24-3)10-8-16/h4-10,13H,1,11-12,14H2,2-3H3,(H2,21,22,23). The minimum Gasteiger partial charge on any atom is -0.497 e. The zero-order valence-corrected chi connectivity index (χ0v) is 14.7. The first kappa shape index (κ1) is 18.4. The molecule has 0 aliphatic heterocycles. The maximum absolute atomic E-state index is 12.0. The van der Waals surface area contributed by atoms with Gasteiger partial charge in [0, 0.05) is 18.3 Å². The van der Waals surface area contributed by atoms with Gasteiger partial charge in [0.05, 0.1) is 7.11 Å². The first-order valence-electron chi connectivity index (χ1n) is 8.12. The average Bonchev–Trinajstić information content (AvgIpc) is 2.61. The van der Waals surface area contributed by atoms with Crippen molar-refractivity contribution in [3.8, 4) is 11.5 Å². The van der Waals surface area contributed by atoms with Gasteiger partial charge < -0.3 is 20.1 Å². The SMILES string of the molecule is C=C(C)COc1cccc(NC(=O)NCCc2ccc(OC)cc2)c1. The van der Waals surface area contributed by atoms with E-state index in [2.05, 4.69) is 17.2 Å². The van der Waals surface area contributed by atoms with E-state index >= 15 is 0 Å². The second-order valence-corrected chi connectivity index (χ2v) is 5.75. The molecule has 2 aromatic carbocycles. The number of methoxy groups -OCH3 is 1. The lowest BCUT2D eigenvalue weighted by Gasteiger charge is -2.10. The van der Waals surface area contributed by atoms with Crippen LogP contribution < -0.4 is 20.1 Å². The number of anilines is 1. The Morgan fingerprint density at radius 2 is 1.88 bits per heavy atom. The van der Waals surface area contributed by atoms with Crippen LogP contribution in [0.25, 0.3) is 0 Å². The molecule has 2 aromatic rings. The van der Waals surface area contributed by atoms with Crippen molar-refractivity contribution < 1.29 is 14.3 Å². The van der Waals surface area contributed by atoms with Crippen LogP contribution in [0.4, 0.5) is 10.5 Å². The molecule has 0 spiro atoms. The minimum atomic E-state index is -0.245. The summed E-state index contributed by atoms with van der Waals surface area (Å²) in [5, 5.41) is 5.64. The van der Waals surface area contributed by atoms with Gasteiger partial charge in [-0.25, -0.2) is 4.79 Å². The number of ether oxygens (including phenoxy) is 2. The molecule has 0 aliphatic carbocycles. The lowest BCUT2D eigenvalue weighted by Crippen LogP contribution is -2.30. The zero-order valence-electron chi connectivity index (χ0n) is 14.7. The third-order valence-corrected chi connectivity index (χ3v) is 3.44. The molecule has 2 amide bonds. The Morgan fingerprint density at radius 1 is 1.12 bits per heavy atom. The molecule has 2 N–H and O–H groups in total. The number of nitrogens with one attached hydrogen (secondary N) is 2. The highest BCUT2D eigenvalue weighted by Crippen LogP contribution is 2.17. The molecule has 2 rings (SSSR count).